The number of rotatable bonds is 2. The maximum absolute atomic E-state index is 11.1. The molecule has 4 saturated carbocycles. The van der Waals surface area contributed by atoms with Crippen LogP contribution < -0.4 is 0 Å². The minimum Gasteiger partial charge on any atom is -0.456 e. The summed E-state index contributed by atoms with van der Waals surface area (Å²) in [5.74, 6) is 4.81. The first-order valence-electron chi connectivity index (χ1n) is 23.6. The van der Waals surface area contributed by atoms with Crippen molar-refractivity contribution >= 4 is 60.0 Å². The molecule has 62 heavy (non-hydrogen) atoms. The van der Waals surface area contributed by atoms with Gasteiger partial charge < -0.3 is 8.82 Å². The molecule has 4 heteroatoms. The fraction of sp³-hybridized carbons (Fsp3) is 0.345. The lowest BCUT2D eigenvalue weighted by Crippen LogP contribution is -2.25. The van der Waals surface area contributed by atoms with Crippen LogP contribution in [0.1, 0.15) is 132 Å². The third kappa shape index (κ3) is 4.32. The first-order valence-corrected chi connectivity index (χ1v) is 23.6. The van der Waals surface area contributed by atoms with Crippen molar-refractivity contribution in [2.75, 3.05) is 0 Å². The van der Waals surface area contributed by atoms with Gasteiger partial charge in [-0.15, -0.1) is 0 Å². The largest absolute Gasteiger partial charge is 0.456 e. The Labute approximate surface area is 361 Å². The molecule has 0 radical (unpaired) electrons. The second-order valence-electron chi connectivity index (χ2n) is 21.1. The average molecular weight is 802 g/mol. The van der Waals surface area contributed by atoms with E-state index in [1.54, 1.807) is 0 Å². The van der Waals surface area contributed by atoms with Gasteiger partial charge in [0.1, 0.15) is 11.2 Å². The fourth-order valence-corrected chi connectivity index (χ4v) is 16.2. The minimum atomic E-state index is 0.453. The maximum Gasteiger partial charge on any atom is 0.136 e. The Hall–Kier alpha value is -6.10. The standard InChI is InChI=1S/C58H47N3O/c1-28-6-5-7-29(2)50(28)39-22-43(55-42-8-3-4-9-48(42)62-49(55)25-39)34-20-44-56-46(23-40(26-59)51-35-12-30-10-31(13-35)17-37(16-30)53(51)56)61-47-24-41(27-60)52-36-14-32-11-33(15-36)19-38(18-32)54(52)57(47)45(21-34)58(44)61/h3-9,20-25,30-33,35-38H,10-19H2,1-2H3. The van der Waals surface area contributed by atoms with Gasteiger partial charge >= 0.3 is 0 Å². The molecule has 8 aliphatic carbocycles. The van der Waals surface area contributed by atoms with Gasteiger partial charge in [0.25, 0.3) is 0 Å². The topological polar surface area (TPSA) is 65.1 Å². The SMILES string of the molecule is Cc1cccc(C)c1-c1cc(-c2cc3c4c5c(c(C#N)cc4n4c6cc(C#N)c7c(c6c(c2)c34)C2CC3CC(CC7C3)C2)C2CC3CC(C2)CC5C3)c2c(c1)oc1ccccc12. The van der Waals surface area contributed by atoms with Crippen molar-refractivity contribution in [1.29, 1.82) is 10.5 Å². The highest BCUT2D eigenvalue weighted by Gasteiger charge is 2.47. The molecule has 9 aromatic rings. The number of aryl methyl sites for hydroxylation is 2. The summed E-state index contributed by atoms with van der Waals surface area (Å²) >= 11 is 0. The predicted octanol–water partition coefficient (Wildman–Crippen LogP) is 15.2. The quantitative estimate of drug-likeness (QED) is 0.175. The second kappa shape index (κ2) is 11.9. The first-order chi connectivity index (χ1) is 30.4. The van der Waals surface area contributed by atoms with Crippen LogP contribution in [0.15, 0.2) is 83.3 Å². The van der Waals surface area contributed by atoms with Crippen LogP contribution >= 0.6 is 0 Å². The van der Waals surface area contributed by atoms with Crippen LogP contribution in [0, 0.1) is 60.2 Å². The molecule has 0 aliphatic heterocycles. The number of para-hydroxylation sites is 1. The Morgan fingerprint density at radius 2 is 1.02 bits per heavy atom. The zero-order valence-corrected chi connectivity index (χ0v) is 35.4. The highest BCUT2D eigenvalue weighted by atomic mass is 16.3. The predicted molar refractivity (Wildman–Crippen MR) is 249 cm³/mol. The number of aromatic nitrogens is 1. The van der Waals surface area contributed by atoms with E-state index in [1.807, 2.05) is 0 Å². The fourth-order valence-electron chi connectivity index (χ4n) is 16.2. The van der Waals surface area contributed by atoms with Crippen molar-refractivity contribution in [1.82, 2.24) is 4.40 Å². The summed E-state index contributed by atoms with van der Waals surface area (Å²) in [6.07, 6.45) is 12.5. The van der Waals surface area contributed by atoms with Crippen molar-refractivity contribution in [3.05, 3.63) is 123 Å². The molecule has 6 aromatic carbocycles. The Balaban J connectivity index is 1.15. The number of fused-ring (bicyclic) bond motifs is 9. The lowest BCUT2D eigenvalue weighted by Gasteiger charge is -2.38. The Kier molecular flexibility index (Phi) is 6.60. The van der Waals surface area contributed by atoms with Crippen LogP contribution in [-0.2, 0) is 0 Å². The molecule has 8 bridgehead atoms. The van der Waals surface area contributed by atoms with Gasteiger partial charge in [-0.2, -0.15) is 10.5 Å². The van der Waals surface area contributed by atoms with E-state index in [2.05, 4.69) is 109 Å². The molecule has 3 heterocycles. The van der Waals surface area contributed by atoms with Gasteiger partial charge in [-0.05, 0) is 223 Å². The van der Waals surface area contributed by atoms with E-state index >= 15 is 0 Å². The molecule has 0 amide bonds. The van der Waals surface area contributed by atoms with Gasteiger partial charge in [0.2, 0.25) is 0 Å². The van der Waals surface area contributed by atoms with Gasteiger partial charge in [-0.25, -0.2) is 0 Å². The highest BCUT2D eigenvalue weighted by molar-refractivity contribution is 6.27. The van der Waals surface area contributed by atoms with Gasteiger partial charge in [0.05, 0.1) is 39.8 Å². The van der Waals surface area contributed by atoms with Gasteiger partial charge in [-0.1, -0.05) is 36.4 Å². The van der Waals surface area contributed by atoms with Crippen LogP contribution in [0.5, 0.6) is 0 Å². The molecule has 4 atom stereocenters. The monoisotopic (exact) mass is 801 g/mol. The van der Waals surface area contributed by atoms with Crippen molar-refractivity contribution in [3.8, 4) is 34.4 Å². The summed E-state index contributed by atoms with van der Waals surface area (Å²) in [4.78, 5) is 0. The van der Waals surface area contributed by atoms with E-state index in [0.717, 1.165) is 51.4 Å². The Bertz CT molecular complexity index is 3410. The molecule has 3 aromatic heterocycles. The number of furan rings is 1. The van der Waals surface area contributed by atoms with Crippen molar-refractivity contribution < 1.29 is 4.42 Å². The smallest absolute Gasteiger partial charge is 0.136 e. The van der Waals surface area contributed by atoms with E-state index in [-0.39, 0.29) is 0 Å². The van der Waals surface area contributed by atoms with Crippen LogP contribution in [0.3, 0.4) is 0 Å². The summed E-state index contributed by atoms with van der Waals surface area (Å²) in [6, 6.07) is 35.2. The molecule has 4 nitrogen and oxygen atoms in total. The van der Waals surface area contributed by atoms with E-state index in [1.165, 1.54) is 163 Å². The minimum absolute atomic E-state index is 0.453. The molecule has 4 fully saturated rings. The Morgan fingerprint density at radius 1 is 0.500 bits per heavy atom. The van der Waals surface area contributed by atoms with Gasteiger partial charge in [0.15, 0.2) is 0 Å². The van der Waals surface area contributed by atoms with Crippen molar-refractivity contribution in [2.45, 2.75) is 102 Å². The van der Waals surface area contributed by atoms with Crippen LogP contribution in [-0.4, -0.2) is 4.40 Å². The maximum atomic E-state index is 11.1. The lowest BCUT2D eigenvalue weighted by atomic mass is 9.67. The number of nitrogens with zero attached hydrogens (tertiary/aromatic N) is 3. The lowest BCUT2D eigenvalue weighted by molar-refractivity contribution is 0.166. The molecule has 8 aliphatic rings. The molecule has 0 N–H and O–H groups in total. The van der Waals surface area contributed by atoms with Crippen LogP contribution in [0.4, 0.5) is 0 Å². The normalized spacial score (nSPS) is 26.8. The molecule has 300 valence electrons. The summed E-state index contributed by atoms with van der Waals surface area (Å²) in [7, 11) is 0. The second-order valence-corrected chi connectivity index (χ2v) is 21.1. The van der Waals surface area contributed by atoms with E-state index in [9.17, 15) is 10.5 Å². The highest BCUT2D eigenvalue weighted by Crippen LogP contribution is 2.62. The summed E-state index contributed by atoms with van der Waals surface area (Å²) < 4.78 is 9.35. The number of nitriles is 2. The molecular weight excluding hydrogens is 755 g/mol. The Morgan fingerprint density at radius 3 is 1.55 bits per heavy atom. The molecule has 4 unspecified atom stereocenters. The molecular formula is C58H47N3O. The van der Waals surface area contributed by atoms with Gasteiger partial charge in [0, 0.05) is 32.3 Å². The summed E-state index contributed by atoms with van der Waals surface area (Å²) in [5.41, 5.74) is 20.3. The van der Waals surface area contributed by atoms with Crippen molar-refractivity contribution in [2.24, 2.45) is 23.7 Å². The molecule has 0 saturated heterocycles. The van der Waals surface area contributed by atoms with E-state index in [4.69, 9.17) is 4.42 Å². The molecule has 17 rings (SSSR count). The number of hydrogen-bond donors (Lipinski definition) is 0. The number of benzene rings is 6. The zero-order valence-electron chi connectivity index (χ0n) is 35.4. The van der Waals surface area contributed by atoms with Crippen molar-refractivity contribution in [3.63, 3.8) is 0 Å². The van der Waals surface area contributed by atoms with E-state index in [0.29, 0.717) is 23.7 Å². The van der Waals surface area contributed by atoms with Crippen LogP contribution in [0.2, 0.25) is 0 Å². The third-order valence-electron chi connectivity index (χ3n) is 17.8. The molecule has 0 spiro atoms. The summed E-state index contributed by atoms with van der Waals surface area (Å²) in [5, 5.41) is 29.9. The average Bonchev–Trinajstić information content (AvgIpc) is 3.83. The summed E-state index contributed by atoms with van der Waals surface area (Å²) in [6.45, 7) is 4.46. The number of hydrogen-bond acceptors (Lipinski definition) is 3. The van der Waals surface area contributed by atoms with Gasteiger partial charge in [-0.3, -0.25) is 0 Å². The first kappa shape index (κ1) is 34.5. The third-order valence-corrected chi connectivity index (χ3v) is 17.8. The van der Waals surface area contributed by atoms with E-state index < -0.39 is 0 Å². The van der Waals surface area contributed by atoms with Crippen LogP contribution in [0.25, 0.3) is 82.3 Å². The zero-order chi connectivity index (χ0) is 40.9.